The molecule has 0 saturated carbocycles. The summed E-state index contributed by atoms with van der Waals surface area (Å²) in [4.78, 5) is 4.35. The highest BCUT2D eigenvalue weighted by Gasteiger charge is 2.06. The molecule has 0 aliphatic carbocycles. The predicted octanol–water partition coefficient (Wildman–Crippen LogP) is 2.52. The third-order valence-electron chi connectivity index (χ3n) is 2.63. The van der Waals surface area contributed by atoms with Gasteiger partial charge in [-0.3, -0.25) is 4.99 Å². The molecule has 0 radical (unpaired) electrons. The van der Waals surface area contributed by atoms with Gasteiger partial charge in [0.15, 0.2) is 6.29 Å². The van der Waals surface area contributed by atoms with Crippen molar-refractivity contribution in [3.8, 4) is 11.5 Å². The summed E-state index contributed by atoms with van der Waals surface area (Å²) in [5.41, 5.74) is 0.860. The van der Waals surface area contributed by atoms with Gasteiger partial charge in [0.2, 0.25) is 0 Å². The van der Waals surface area contributed by atoms with Crippen LogP contribution in [0.25, 0.3) is 0 Å². The van der Waals surface area contributed by atoms with Crippen molar-refractivity contribution in [2.24, 2.45) is 4.99 Å². The molecule has 1 aromatic rings. The van der Waals surface area contributed by atoms with Crippen molar-refractivity contribution >= 4 is 6.21 Å². The van der Waals surface area contributed by atoms with E-state index in [0.717, 1.165) is 17.1 Å². The maximum atomic E-state index is 5.43. The number of benzene rings is 1. The van der Waals surface area contributed by atoms with Gasteiger partial charge in [-0.05, 0) is 32.0 Å². The Balaban J connectivity index is 2.72. The van der Waals surface area contributed by atoms with Crippen molar-refractivity contribution in [1.82, 2.24) is 0 Å². The second kappa shape index (κ2) is 9.34. The molecule has 0 atom stereocenters. The Hall–Kier alpha value is -1.59. The number of nitrogens with zero attached hydrogens (tertiary/aromatic N) is 1. The highest BCUT2D eigenvalue weighted by Crippen LogP contribution is 2.22. The lowest BCUT2D eigenvalue weighted by molar-refractivity contribution is -0.128. The van der Waals surface area contributed by atoms with Gasteiger partial charge in [-0.15, -0.1) is 0 Å². The Labute approximate surface area is 120 Å². The fraction of sp³-hybridized carbons (Fsp3) is 0.533. The first-order valence-corrected chi connectivity index (χ1v) is 6.70. The minimum Gasteiger partial charge on any atom is -0.497 e. The van der Waals surface area contributed by atoms with Crippen molar-refractivity contribution in [2.45, 2.75) is 20.1 Å². The summed E-state index contributed by atoms with van der Waals surface area (Å²) in [5.74, 6) is 1.51. The van der Waals surface area contributed by atoms with Gasteiger partial charge in [0.05, 0.1) is 20.8 Å². The van der Waals surface area contributed by atoms with Gasteiger partial charge < -0.3 is 18.9 Å². The molecule has 0 N–H and O–H groups in total. The highest BCUT2D eigenvalue weighted by molar-refractivity contribution is 5.84. The molecule has 0 amide bonds. The molecule has 0 saturated heterocycles. The quantitative estimate of drug-likeness (QED) is 0.515. The molecule has 0 aliphatic heterocycles. The topological polar surface area (TPSA) is 49.3 Å². The Kier molecular flexibility index (Phi) is 7.69. The standard InChI is InChI=1S/C15H23NO4/c1-5-19-15(20-6-2)11-16-10-12-9-13(17-3)7-8-14(12)18-4/h7-10,15H,5-6,11H2,1-4H3. The SMILES string of the molecule is CCOC(CN=Cc1cc(OC)ccc1OC)OCC. The molecule has 0 fully saturated rings. The van der Waals surface area contributed by atoms with E-state index in [1.54, 1.807) is 20.4 Å². The number of methoxy groups -OCH3 is 2. The molecule has 112 valence electrons. The normalized spacial score (nSPS) is 11.2. The van der Waals surface area contributed by atoms with E-state index in [2.05, 4.69) is 4.99 Å². The van der Waals surface area contributed by atoms with E-state index in [0.29, 0.717) is 19.8 Å². The molecule has 0 heterocycles. The number of hydrogen-bond donors (Lipinski definition) is 0. The monoisotopic (exact) mass is 281 g/mol. The fourth-order valence-corrected chi connectivity index (χ4v) is 1.70. The van der Waals surface area contributed by atoms with Crippen molar-refractivity contribution in [3.05, 3.63) is 23.8 Å². The van der Waals surface area contributed by atoms with Gasteiger partial charge in [-0.25, -0.2) is 0 Å². The van der Waals surface area contributed by atoms with E-state index in [4.69, 9.17) is 18.9 Å². The lowest BCUT2D eigenvalue weighted by atomic mass is 10.2. The maximum Gasteiger partial charge on any atom is 0.176 e. The van der Waals surface area contributed by atoms with E-state index >= 15 is 0 Å². The van der Waals surface area contributed by atoms with Gasteiger partial charge in [-0.2, -0.15) is 0 Å². The molecule has 0 spiro atoms. The number of rotatable bonds is 9. The largest absolute Gasteiger partial charge is 0.497 e. The Morgan fingerprint density at radius 3 is 2.35 bits per heavy atom. The summed E-state index contributed by atoms with van der Waals surface area (Å²) < 4.78 is 21.3. The van der Waals surface area contributed by atoms with Crippen LogP contribution in [-0.2, 0) is 9.47 Å². The molecule has 0 aromatic heterocycles. The van der Waals surface area contributed by atoms with Crippen molar-refractivity contribution < 1.29 is 18.9 Å². The zero-order chi connectivity index (χ0) is 14.8. The lowest BCUT2D eigenvalue weighted by Crippen LogP contribution is -2.20. The minimum atomic E-state index is -0.308. The van der Waals surface area contributed by atoms with Crippen molar-refractivity contribution in [1.29, 1.82) is 0 Å². The molecule has 20 heavy (non-hydrogen) atoms. The summed E-state index contributed by atoms with van der Waals surface area (Å²) >= 11 is 0. The smallest absolute Gasteiger partial charge is 0.176 e. The van der Waals surface area contributed by atoms with E-state index in [1.807, 2.05) is 32.0 Å². The number of hydrogen-bond acceptors (Lipinski definition) is 5. The zero-order valence-electron chi connectivity index (χ0n) is 12.6. The van der Waals surface area contributed by atoms with E-state index in [-0.39, 0.29) is 6.29 Å². The average Bonchev–Trinajstić information content (AvgIpc) is 2.47. The summed E-state index contributed by atoms with van der Waals surface area (Å²) in [6, 6.07) is 5.57. The first-order chi connectivity index (χ1) is 9.74. The van der Waals surface area contributed by atoms with Crippen molar-refractivity contribution in [3.63, 3.8) is 0 Å². The molecule has 1 rings (SSSR count). The molecular weight excluding hydrogens is 258 g/mol. The summed E-state index contributed by atoms with van der Waals surface area (Å²) in [5, 5.41) is 0. The lowest BCUT2D eigenvalue weighted by Gasteiger charge is -2.14. The van der Waals surface area contributed by atoms with Gasteiger partial charge >= 0.3 is 0 Å². The van der Waals surface area contributed by atoms with Gasteiger partial charge in [0, 0.05) is 25.0 Å². The first kappa shape index (κ1) is 16.5. The van der Waals surface area contributed by atoms with Crippen LogP contribution in [0.5, 0.6) is 11.5 Å². The molecule has 5 heteroatoms. The van der Waals surface area contributed by atoms with Crippen LogP contribution in [0.3, 0.4) is 0 Å². The van der Waals surface area contributed by atoms with E-state index in [1.165, 1.54) is 0 Å². The summed E-state index contributed by atoms with van der Waals surface area (Å²) in [7, 11) is 3.26. The predicted molar refractivity (Wildman–Crippen MR) is 79.0 cm³/mol. The van der Waals surface area contributed by atoms with E-state index in [9.17, 15) is 0 Å². The molecular formula is C15H23NO4. The van der Waals surface area contributed by atoms with Crippen LogP contribution in [0.1, 0.15) is 19.4 Å². The molecule has 0 unspecified atom stereocenters. The van der Waals surface area contributed by atoms with Crippen LogP contribution in [-0.4, -0.2) is 46.5 Å². The molecule has 0 bridgehead atoms. The third kappa shape index (κ3) is 5.19. The zero-order valence-corrected chi connectivity index (χ0v) is 12.6. The average molecular weight is 281 g/mol. The van der Waals surface area contributed by atoms with Crippen LogP contribution in [0, 0.1) is 0 Å². The Morgan fingerprint density at radius 1 is 1.10 bits per heavy atom. The summed E-state index contributed by atoms with van der Waals surface area (Å²) in [6.07, 6.45) is 1.43. The van der Waals surface area contributed by atoms with Gasteiger partial charge in [0.1, 0.15) is 11.5 Å². The van der Waals surface area contributed by atoms with E-state index < -0.39 is 0 Å². The van der Waals surface area contributed by atoms with Crippen LogP contribution < -0.4 is 9.47 Å². The maximum absolute atomic E-state index is 5.43. The second-order valence-electron chi connectivity index (χ2n) is 3.94. The Bertz CT molecular complexity index is 414. The van der Waals surface area contributed by atoms with Crippen LogP contribution in [0.2, 0.25) is 0 Å². The first-order valence-electron chi connectivity index (χ1n) is 6.70. The Morgan fingerprint density at radius 2 is 1.80 bits per heavy atom. The minimum absolute atomic E-state index is 0.308. The number of ether oxygens (including phenoxy) is 4. The van der Waals surface area contributed by atoms with Crippen LogP contribution in [0.4, 0.5) is 0 Å². The van der Waals surface area contributed by atoms with Gasteiger partial charge in [-0.1, -0.05) is 0 Å². The third-order valence-corrected chi connectivity index (χ3v) is 2.63. The van der Waals surface area contributed by atoms with Crippen LogP contribution in [0.15, 0.2) is 23.2 Å². The highest BCUT2D eigenvalue weighted by atomic mass is 16.7. The van der Waals surface area contributed by atoms with Crippen molar-refractivity contribution in [2.75, 3.05) is 34.0 Å². The molecule has 0 aliphatic rings. The fourth-order valence-electron chi connectivity index (χ4n) is 1.70. The summed E-state index contributed by atoms with van der Waals surface area (Å²) in [6.45, 7) is 5.51. The second-order valence-corrected chi connectivity index (χ2v) is 3.94. The van der Waals surface area contributed by atoms with Gasteiger partial charge in [0.25, 0.3) is 0 Å². The number of aliphatic imine (C=N–C) groups is 1. The molecule has 1 aromatic carbocycles. The molecule has 5 nitrogen and oxygen atoms in total. The van der Waals surface area contributed by atoms with Crippen LogP contribution >= 0.6 is 0 Å².